The number of carbonyl (C=O) groups is 1. The highest BCUT2D eigenvalue weighted by atomic mass is 16.5. The molecule has 0 amide bonds. The van der Waals surface area contributed by atoms with Gasteiger partial charge in [-0.2, -0.15) is 0 Å². The van der Waals surface area contributed by atoms with Crippen molar-refractivity contribution in [2.75, 3.05) is 6.61 Å². The van der Waals surface area contributed by atoms with Crippen molar-refractivity contribution >= 4 is 5.97 Å². The molecule has 2 N–H and O–H groups in total. The van der Waals surface area contributed by atoms with E-state index < -0.39 is 0 Å². The summed E-state index contributed by atoms with van der Waals surface area (Å²) in [5.41, 5.74) is 6.85. The second-order valence-electron chi connectivity index (χ2n) is 3.76. The first-order chi connectivity index (χ1) is 6.61. The molecule has 3 heteroatoms. The largest absolute Gasteiger partial charge is 0.461 e. The Morgan fingerprint density at radius 1 is 1.64 bits per heavy atom. The Balaban J connectivity index is 2.32. The van der Waals surface area contributed by atoms with E-state index >= 15 is 0 Å². The molecule has 3 nitrogen and oxygen atoms in total. The Bertz CT molecular complexity index is 264. The highest BCUT2D eigenvalue weighted by Gasteiger charge is 2.27. The Morgan fingerprint density at radius 2 is 2.36 bits per heavy atom. The summed E-state index contributed by atoms with van der Waals surface area (Å²) >= 11 is 0. The van der Waals surface area contributed by atoms with Gasteiger partial charge >= 0.3 is 5.97 Å². The topological polar surface area (TPSA) is 52.3 Å². The van der Waals surface area contributed by atoms with Gasteiger partial charge in [0.25, 0.3) is 0 Å². The van der Waals surface area contributed by atoms with Crippen molar-refractivity contribution in [1.82, 2.24) is 0 Å². The third-order valence-electron chi connectivity index (χ3n) is 2.23. The lowest BCUT2D eigenvalue weighted by molar-refractivity contribution is -0.147. The van der Waals surface area contributed by atoms with Crippen molar-refractivity contribution in [1.29, 1.82) is 0 Å². The van der Waals surface area contributed by atoms with E-state index in [0.717, 1.165) is 5.57 Å². The molecule has 1 aliphatic carbocycles. The van der Waals surface area contributed by atoms with Crippen LogP contribution in [-0.2, 0) is 9.53 Å². The quantitative estimate of drug-likeness (QED) is 0.547. The van der Waals surface area contributed by atoms with Gasteiger partial charge in [-0.1, -0.05) is 17.7 Å². The van der Waals surface area contributed by atoms with Crippen LogP contribution < -0.4 is 5.73 Å². The summed E-state index contributed by atoms with van der Waals surface area (Å²) < 4.78 is 5.07. The van der Waals surface area contributed by atoms with Crippen LogP contribution in [0.25, 0.3) is 0 Å². The van der Waals surface area contributed by atoms with E-state index in [1.165, 1.54) is 0 Å². The van der Waals surface area contributed by atoms with Gasteiger partial charge in [-0.25, -0.2) is 0 Å². The molecular formula is C11H17NO2. The third-order valence-corrected chi connectivity index (χ3v) is 2.23. The molecule has 1 aliphatic rings. The SMILES string of the molecule is CC(C)=CCOC(=O)C1CC=CC1N. The normalized spacial score (nSPS) is 24.8. The molecule has 1 rings (SSSR count). The Hall–Kier alpha value is -1.09. The molecule has 78 valence electrons. The Labute approximate surface area is 84.6 Å². The molecule has 14 heavy (non-hydrogen) atoms. The van der Waals surface area contributed by atoms with Gasteiger partial charge in [-0.15, -0.1) is 0 Å². The van der Waals surface area contributed by atoms with Gasteiger partial charge in [-0.05, 0) is 26.3 Å². The molecule has 0 spiro atoms. The zero-order valence-corrected chi connectivity index (χ0v) is 8.69. The number of allylic oxidation sites excluding steroid dienone is 2. The maximum atomic E-state index is 11.5. The van der Waals surface area contributed by atoms with Crippen LogP contribution in [0.5, 0.6) is 0 Å². The summed E-state index contributed by atoms with van der Waals surface area (Å²) in [7, 11) is 0. The van der Waals surface area contributed by atoms with E-state index in [1.54, 1.807) is 0 Å². The van der Waals surface area contributed by atoms with Gasteiger partial charge in [0.05, 0.1) is 5.92 Å². The van der Waals surface area contributed by atoms with Gasteiger partial charge < -0.3 is 10.5 Å². The standard InChI is InChI=1S/C11H17NO2/c1-8(2)6-7-14-11(13)9-4-3-5-10(9)12/h3,5-6,9-10H,4,7,12H2,1-2H3. The molecule has 2 atom stereocenters. The van der Waals surface area contributed by atoms with Crippen molar-refractivity contribution in [3.63, 3.8) is 0 Å². The van der Waals surface area contributed by atoms with Gasteiger partial charge in [0.2, 0.25) is 0 Å². The second-order valence-corrected chi connectivity index (χ2v) is 3.76. The molecule has 0 saturated heterocycles. The van der Waals surface area contributed by atoms with Crippen LogP contribution in [0, 0.1) is 5.92 Å². The van der Waals surface area contributed by atoms with E-state index in [0.29, 0.717) is 13.0 Å². The summed E-state index contributed by atoms with van der Waals surface area (Å²) in [5, 5.41) is 0. The first-order valence-corrected chi connectivity index (χ1v) is 4.83. The van der Waals surface area contributed by atoms with Gasteiger partial charge in [-0.3, -0.25) is 4.79 Å². The van der Waals surface area contributed by atoms with Crippen molar-refractivity contribution < 1.29 is 9.53 Å². The molecule has 0 heterocycles. The number of hydrogen-bond acceptors (Lipinski definition) is 3. The minimum atomic E-state index is -0.194. The average Bonchev–Trinajstić information content (AvgIpc) is 2.50. The van der Waals surface area contributed by atoms with Crippen LogP contribution in [0.15, 0.2) is 23.8 Å². The zero-order chi connectivity index (χ0) is 10.6. The first-order valence-electron chi connectivity index (χ1n) is 4.83. The fourth-order valence-corrected chi connectivity index (χ4v) is 1.32. The number of esters is 1. The highest BCUT2D eigenvalue weighted by Crippen LogP contribution is 2.18. The molecule has 0 fully saturated rings. The molecule has 0 saturated carbocycles. The van der Waals surface area contributed by atoms with Crippen molar-refractivity contribution in [3.05, 3.63) is 23.8 Å². The smallest absolute Gasteiger partial charge is 0.311 e. The van der Waals surface area contributed by atoms with E-state index in [-0.39, 0.29) is 17.9 Å². The molecule has 2 unspecified atom stereocenters. The second kappa shape index (κ2) is 4.96. The van der Waals surface area contributed by atoms with Crippen LogP contribution in [0.3, 0.4) is 0 Å². The molecule has 0 aromatic rings. The lowest BCUT2D eigenvalue weighted by Gasteiger charge is -2.13. The fraction of sp³-hybridized carbons (Fsp3) is 0.545. The monoisotopic (exact) mass is 195 g/mol. The first kappa shape index (κ1) is 11.0. The number of ether oxygens (including phenoxy) is 1. The lowest BCUT2D eigenvalue weighted by Crippen LogP contribution is -2.31. The Kier molecular flexibility index (Phi) is 3.89. The minimum Gasteiger partial charge on any atom is -0.461 e. The summed E-state index contributed by atoms with van der Waals surface area (Å²) in [6.45, 7) is 4.29. The maximum absolute atomic E-state index is 11.5. The predicted octanol–water partition coefficient (Wildman–Crippen LogP) is 1.40. The number of hydrogen-bond donors (Lipinski definition) is 1. The van der Waals surface area contributed by atoms with Crippen molar-refractivity contribution in [3.8, 4) is 0 Å². The van der Waals surface area contributed by atoms with Crippen molar-refractivity contribution in [2.24, 2.45) is 11.7 Å². The van der Waals surface area contributed by atoms with E-state index in [1.807, 2.05) is 32.1 Å². The maximum Gasteiger partial charge on any atom is 0.311 e. The number of rotatable bonds is 3. The summed E-state index contributed by atoms with van der Waals surface area (Å²) in [5.74, 6) is -0.374. The summed E-state index contributed by atoms with van der Waals surface area (Å²) in [6.07, 6.45) is 6.37. The van der Waals surface area contributed by atoms with E-state index in [2.05, 4.69) is 0 Å². The van der Waals surface area contributed by atoms with Crippen LogP contribution in [0.4, 0.5) is 0 Å². The number of carbonyl (C=O) groups excluding carboxylic acids is 1. The van der Waals surface area contributed by atoms with Crippen LogP contribution in [0.2, 0.25) is 0 Å². The van der Waals surface area contributed by atoms with E-state index in [9.17, 15) is 4.79 Å². The fourth-order valence-electron chi connectivity index (χ4n) is 1.32. The highest BCUT2D eigenvalue weighted by molar-refractivity contribution is 5.74. The molecular weight excluding hydrogens is 178 g/mol. The van der Waals surface area contributed by atoms with Gasteiger partial charge in [0, 0.05) is 6.04 Å². The summed E-state index contributed by atoms with van der Waals surface area (Å²) in [4.78, 5) is 11.5. The zero-order valence-electron chi connectivity index (χ0n) is 8.69. The Morgan fingerprint density at radius 3 is 2.86 bits per heavy atom. The molecule has 0 aromatic heterocycles. The van der Waals surface area contributed by atoms with E-state index in [4.69, 9.17) is 10.5 Å². The number of nitrogens with two attached hydrogens (primary N) is 1. The van der Waals surface area contributed by atoms with Gasteiger partial charge in [0.1, 0.15) is 6.61 Å². The van der Waals surface area contributed by atoms with Gasteiger partial charge in [0.15, 0.2) is 0 Å². The molecule has 0 radical (unpaired) electrons. The minimum absolute atomic E-state index is 0.172. The average molecular weight is 195 g/mol. The molecule has 0 aliphatic heterocycles. The van der Waals surface area contributed by atoms with Crippen LogP contribution in [0.1, 0.15) is 20.3 Å². The van der Waals surface area contributed by atoms with Crippen LogP contribution >= 0.6 is 0 Å². The van der Waals surface area contributed by atoms with Crippen LogP contribution in [-0.4, -0.2) is 18.6 Å². The molecule has 0 bridgehead atoms. The summed E-state index contributed by atoms with van der Waals surface area (Å²) in [6, 6.07) is -0.172. The third kappa shape index (κ3) is 3.00. The lowest BCUT2D eigenvalue weighted by atomic mass is 10.0. The predicted molar refractivity (Wildman–Crippen MR) is 55.6 cm³/mol. The van der Waals surface area contributed by atoms with Crippen molar-refractivity contribution in [2.45, 2.75) is 26.3 Å². The molecule has 0 aromatic carbocycles.